The topological polar surface area (TPSA) is 29.3 Å². The van der Waals surface area contributed by atoms with Gasteiger partial charge in [-0.3, -0.25) is 4.90 Å². The second-order valence-corrected chi connectivity index (χ2v) is 7.29. The maximum atomic E-state index is 5.97. The first-order chi connectivity index (χ1) is 9.69. The van der Waals surface area contributed by atoms with Crippen molar-refractivity contribution in [1.82, 2.24) is 4.90 Å². The molecule has 0 amide bonds. The number of likely N-dealkylation sites (tertiary alicyclic amines) is 1. The van der Waals surface area contributed by atoms with Crippen molar-refractivity contribution in [1.29, 1.82) is 0 Å². The number of piperidine rings is 1. The van der Waals surface area contributed by atoms with Gasteiger partial charge in [-0.15, -0.1) is 11.3 Å². The maximum Gasteiger partial charge on any atom is 0.0349 e. The summed E-state index contributed by atoms with van der Waals surface area (Å²) in [5.41, 5.74) is 7.44. The van der Waals surface area contributed by atoms with Crippen molar-refractivity contribution in [2.45, 2.75) is 45.8 Å². The van der Waals surface area contributed by atoms with Crippen molar-refractivity contribution in [3.05, 3.63) is 34.7 Å². The molecule has 108 valence electrons. The second kappa shape index (κ2) is 5.84. The Bertz CT molecular complexity index is 590. The van der Waals surface area contributed by atoms with Crippen molar-refractivity contribution >= 4 is 21.4 Å². The van der Waals surface area contributed by atoms with E-state index in [1.807, 2.05) is 11.3 Å². The van der Waals surface area contributed by atoms with Crippen LogP contribution in [0.3, 0.4) is 0 Å². The quantitative estimate of drug-likeness (QED) is 0.925. The number of thiophene rings is 1. The molecule has 0 radical (unpaired) electrons. The number of hydrogen-bond donors (Lipinski definition) is 1. The van der Waals surface area contributed by atoms with Gasteiger partial charge >= 0.3 is 0 Å². The minimum absolute atomic E-state index is 0.660. The van der Waals surface area contributed by atoms with Crippen molar-refractivity contribution in [2.24, 2.45) is 11.7 Å². The Hall–Kier alpha value is -0.900. The van der Waals surface area contributed by atoms with E-state index in [2.05, 4.69) is 43.0 Å². The monoisotopic (exact) mass is 288 g/mol. The van der Waals surface area contributed by atoms with E-state index in [0.717, 1.165) is 12.5 Å². The molecule has 2 atom stereocenters. The van der Waals surface area contributed by atoms with Crippen molar-refractivity contribution in [2.75, 3.05) is 6.54 Å². The Labute approximate surface area is 125 Å². The van der Waals surface area contributed by atoms with Gasteiger partial charge in [0.1, 0.15) is 0 Å². The third-order valence-corrected chi connectivity index (χ3v) is 5.84. The van der Waals surface area contributed by atoms with Crippen molar-refractivity contribution in [3.8, 4) is 0 Å². The minimum atomic E-state index is 0.660. The normalized spacial score (nSPS) is 24.4. The summed E-state index contributed by atoms with van der Waals surface area (Å²) in [7, 11) is 0. The predicted octanol–water partition coefficient (Wildman–Crippen LogP) is 3.98. The Balaban J connectivity index is 1.90. The molecule has 2 N–H and O–H groups in total. The van der Waals surface area contributed by atoms with Gasteiger partial charge < -0.3 is 5.73 Å². The fourth-order valence-electron chi connectivity index (χ4n) is 3.38. The minimum Gasteiger partial charge on any atom is -0.326 e. The molecule has 20 heavy (non-hydrogen) atoms. The average molecular weight is 288 g/mol. The van der Waals surface area contributed by atoms with Gasteiger partial charge in [0.25, 0.3) is 0 Å². The fourth-order valence-corrected chi connectivity index (χ4v) is 4.48. The molecule has 3 rings (SSSR count). The Morgan fingerprint density at radius 1 is 1.30 bits per heavy atom. The molecule has 2 heterocycles. The zero-order valence-corrected chi connectivity index (χ0v) is 13.2. The fraction of sp³-hybridized carbons (Fsp3) is 0.529. The predicted molar refractivity (Wildman–Crippen MR) is 88.0 cm³/mol. The summed E-state index contributed by atoms with van der Waals surface area (Å²) in [4.78, 5) is 3.99. The van der Waals surface area contributed by atoms with Crippen LogP contribution in [0.25, 0.3) is 10.1 Å². The smallest absolute Gasteiger partial charge is 0.0349 e. The maximum absolute atomic E-state index is 5.97. The lowest BCUT2D eigenvalue weighted by Crippen LogP contribution is -2.39. The van der Waals surface area contributed by atoms with Crippen LogP contribution in [0.1, 0.15) is 37.1 Å². The Morgan fingerprint density at radius 2 is 2.10 bits per heavy atom. The highest BCUT2D eigenvalue weighted by Crippen LogP contribution is 2.33. The summed E-state index contributed by atoms with van der Waals surface area (Å²) in [6, 6.07) is 9.40. The molecule has 3 heteroatoms. The molecule has 2 nitrogen and oxygen atoms in total. The van der Waals surface area contributed by atoms with E-state index in [0.29, 0.717) is 12.6 Å². The number of nitrogens with two attached hydrogens (primary N) is 1. The van der Waals surface area contributed by atoms with E-state index >= 15 is 0 Å². The molecule has 1 aliphatic rings. The van der Waals surface area contributed by atoms with E-state index in [4.69, 9.17) is 5.73 Å². The van der Waals surface area contributed by atoms with Crippen LogP contribution in [0.2, 0.25) is 0 Å². The zero-order chi connectivity index (χ0) is 14.1. The summed E-state index contributed by atoms with van der Waals surface area (Å²) < 4.78 is 1.38. The van der Waals surface area contributed by atoms with Gasteiger partial charge in [0.05, 0.1) is 0 Å². The van der Waals surface area contributed by atoms with Crippen LogP contribution >= 0.6 is 11.3 Å². The van der Waals surface area contributed by atoms with Gasteiger partial charge in [0.15, 0.2) is 0 Å². The first-order valence-electron chi connectivity index (χ1n) is 7.62. The van der Waals surface area contributed by atoms with Gasteiger partial charge in [-0.25, -0.2) is 0 Å². The molecule has 2 unspecified atom stereocenters. The van der Waals surface area contributed by atoms with Crippen molar-refractivity contribution < 1.29 is 0 Å². The summed E-state index contributed by atoms with van der Waals surface area (Å²) >= 11 is 1.86. The number of rotatable bonds is 3. The molecular formula is C17H24N2S. The van der Waals surface area contributed by atoms with Gasteiger partial charge in [-0.05, 0) is 49.2 Å². The SMILES string of the molecule is CC1CCN(Cc2c(CN)sc3ccccc23)C(C)C1. The van der Waals surface area contributed by atoms with Gasteiger partial charge in [0, 0.05) is 28.7 Å². The Morgan fingerprint density at radius 3 is 2.85 bits per heavy atom. The molecule has 0 spiro atoms. The molecule has 1 aliphatic heterocycles. The number of benzene rings is 1. The first-order valence-corrected chi connectivity index (χ1v) is 8.44. The lowest BCUT2D eigenvalue weighted by Gasteiger charge is -2.36. The van der Waals surface area contributed by atoms with E-state index in [1.54, 1.807) is 0 Å². The van der Waals surface area contributed by atoms with Crippen LogP contribution in [-0.4, -0.2) is 17.5 Å². The lowest BCUT2D eigenvalue weighted by atomic mass is 9.93. The molecule has 1 saturated heterocycles. The molecular weight excluding hydrogens is 264 g/mol. The number of nitrogens with zero attached hydrogens (tertiary/aromatic N) is 1. The highest BCUT2D eigenvalue weighted by atomic mass is 32.1. The van der Waals surface area contributed by atoms with E-state index in [9.17, 15) is 0 Å². The van der Waals surface area contributed by atoms with Crippen LogP contribution in [0, 0.1) is 5.92 Å². The Kier molecular flexibility index (Phi) is 4.11. The molecule has 0 saturated carbocycles. The molecule has 0 aliphatic carbocycles. The molecule has 1 aromatic carbocycles. The summed E-state index contributed by atoms with van der Waals surface area (Å²) in [5.74, 6) is 0.870. The highest BCUT2D eigenvalue weighted by molar-refractivity contribution is 7.19. The number of hydrogen-bond acceptors (Lipinski definition) is 3. The summed E-state index contributed by atoms with van der Waals surface area (Å²) in [6.07, 6.45) is 2.64. The third kappa shape index (κ3) is 2.62. The van der Waals surface area contributed by atoms with Crippen LogP contribution in [0.5, 0.6) is 0 Å². The van der Waals surface area contributed by atoms with E-state index in [1.165, 1.54) is 39.9 Å². The molecule has 1 fully saturated rings. The second-order valence-electron chi connectivity index (χ2n) is 6.15. The van der Waals surface area contributed by atoms with Crippen LogP contribution in [-0.2, 0) is 13.1 Å². The highest BCUT2D eigenvalue weighted by Gasteiger charge is 2.24. The average Bonchev–Trinajstić information content (AvgIpc) is 2.80. The summed E-state index contributed by atoms with van der Waals surface area (Å²) in [5, 5.41) is 1.41. The summed E-state index contributed by atoms with van der Waals surface area (Å²) in [6.45, 7) is 7.68. The number of fused-ring (bicyclic) bond motifs is 1. The van der Waals surface area contributed by atoms with Gasteiger partial charge in [-0.1, -0.05) is 25.1 Å². The molecule has 2 aromatic rings. The van der Waals surface area contributed by atoms with Gasteiger partial charge in [-0.2, -0.15) is 0 Å². The largest absolute Gasteiger partial charge is 0.326 e. The van der Waals surface area contributed by atoms with Crippen LogP contribution in [0.15, 0.2) is 24.3 Å². The lowest BCUT2D eigenvalue weighted by molar-refractivity contribution is 0.122. The standard InChI is InChI=1S/C17H24N2S/c1-12-7-8-19(13(2)9-12)11-15-14-5-3-4-6-16(14)20-17(15)10-18/h3-6,12-13H,7-11,18H2,1-2H3. The van der Waals surface area contributed by atoms with Gasteiger partial charge in [0.2, 0.25) is 0 Å². The third-order valence-electron chi connectivity index (χ3n) is 4.60. The molecule has 1 aromatic heterocycles. The first kappa shape index (κ1) is 14.1. The molecule has 0 bridgehead atoms. The van der Waals surface area contributed by atoms with Crippen LogP contribution in [0.4, 0.5) is 0 Å². The van der Waals surface area contributed by atoms with E-state index in [-0.39, 0.29) is 0 Å². The van der Waals surface area contributed by atoms with Crippen LogP contribution < -0.4 is 5.73 Å². The van der Waals surface area contributed by atoms with E-state index < -0.39 is 0 Å². The zero-order valence-electron chi connectivity index (χ0n) is 12.4. The van der Waals surface area contributed by atoms with Crippen molar-refractivity contribution in [3.63, 3.8) is 0 Å².